The Morgan fingerprint density at radius 3 is 2.39 bits per heavy atom. The largest absolute Gasteiger partial charge is 0.337 e. The fourth-order valence-electron chi connectivity index (χ4n) is 2.73. The van der Waals surface area contributed by atoms with Gasteiger partial charge in [0.05, 0.1) is 4.90 Å². The monoisotopic (exact) mass is 414 g/mol. The number of rotatable bonds is 6. The van der Waals surface area contributed by atoms with E-state index in [0.717, 1.165) is 5.56 Å². The van der Waals surface area contributed by atoms with E-state index in [4.69, 9.17) is 11.6 Å². The summed E-state index contributed by atoms with van der Waals surface area (Å²) in [4.78, 5) is 14.4. The van der Waals surface area contributed by atoms with Crippen LogP contribution in [0.4, 0.5) is 5.69 Å². The van der Waals surface area contributed by atoms with Gasteiger partial charge in [0.15, 0.2) is 0 Å². The van der Waals surface area contributed by atoms with Gasteiger partial charge in [0.2, 0.25) is 0 Å². The molecule has 0 spiro atoms. The highest BCUT2D eigenvalue weighted by Crippen LogP contribution is 2.19. The molecule has 144 valence electrons. The Morgan fingerprint density at radius 1 is 0.964 bits per heavy atom. The Labute approximate surface area is 169 Å². The lowest BCUT2D eigenvalue weighted by Gasteiger charge is -2.18. The highest BCUT2D eigenvalue weighted by atomic mass is 35.5. The number of amides is 1. The van der Waals surface area contributed by atoms with E-state index < -0.39 is 10.0 Å². The van der Waals surface area contributed by atoms with Crippen molar-refractivity contribution in [3.63, 3.8) is 0 Å². The minimum atomic E-state index is -3.72. The molecule has 0 saturated heterocycles. The molecule has 0 aliphatic heterocycles. The van der Waals surface area contributed by atoms with Crippen molar-refractivity contribution in [2.75, 3.05) is 11.8 Å². The number of nitrogens with one attached hydrogen (secondary N) is 1. The van der Waals surface area contributed by atoms with Crippen LogP contribution in [0.5, 0.6) is 0 Å². The molecule has 0 heterocycles. The van der Waals surface area contributed by atoms with Crippen molar-refractivity contribution in [1.29, 1.82) is 0 Å². The van der Waals surface area contributed by atoms with E-state index in [1.54, 1.807) is 60.5 Å². The summed E-state index contributed by atoms with van der Waals surface area (Å²) >= 11 is 5.99. The van der Waals surface area contributed by atoms with Crippen LogP contribution < -0.4 is 4.72 Å². The van der Waals surface area contributed by atoms with E-state index in [2.05, 4.69) is 4.72 Å². The average Bonchev–Trinajstić information content (AvgIpc) is 2.68. The summed E-state index contributed by atoms with van der Waals surface area (Å²) in [6.07, 6.45) is 0. The van der Waals surface area contributed by atoms with Crippen molar-refractivity contribution < 1.29 is 13.2 Å². The Bertz CT molecular complexity index is 1090. The molecule has 0 unspecified atom stereocenters. The van der Waals surface area contributed by atoms with Crippen molar-refractivity contribution in [3.05, 3.63) is 95.0 Å². The molecule has 3 aromatic carbocycles. The van der Waals surface area contributed by atoms with Crippen molar-refractivity contribution in [1.82, 2.24) is 4.90 Å². The quantitative estimate of drug-likeness (QED) is 0.649. The van der Waals surface area contributed by atoms with Crippen LogP contribution >= 0.6 is 11.6 Å². The van der Waals surface area contributed by atoms with Crippen molar-refractivity contribution in [2.24, 2.45) is 0 Å². The minimum absolute atomic E-state index is 0.157. The molecule has 0 fully saturated rings. The van der Waals surface area contributed by atoms with Gasteiger partial charge in [0.1, 0.15) is 0 Å². The molecular formula is C21H19ClN2O3S. The van der Waals surface area contributed by atoms with Gasteiger partial charge >= 0.3 is 0 Å². The number of anilines is 1. The first-order chi connectivity index (χ1) is 13.3. The summed E-state index contributed by atoms with van der Waals surface area (Å²) in [7, 11) is -2.03. The van der Waals surface area contributed by atoms with Crippen molar-refractivity contribution >= 4 is 33.2 Å². The first kappa shape index (κ1) is 19.9. The Balaban J connectivity index is 1.76. The highest BCUT2D eigenvalue weighted by molar-refractivity contribution is 7.92. The van der Waals surface area contributed by atoms with Crippen LogP contribution in [0, 0.1) is 0 Å². The number of hydrogen-bond acceptors (Lipinski definition) is 3. The Hall–Kier alpha value is -2.83. The molecule has 0 aliphatic rings. The van der Waals surface area contributed by atoms with Crippen LogP contribution in [-0.2, 0) is 16.6 Å². The smallest absolute Gasteiger partial charge is 0.261 e. The van der Waals surface area contributed by atoms with E-state index in [1.165, 1.54) is 18.2 Å². The summed E-state index contributed by atoms with van der Waals surface area (Å²) in [5.41, 5.74) is 1.62. The summed E-state index contributed by atoms with van der Waals surface area (Å²) in [6.45, 7) is 0.388. The average molecular weight is 415 g/mol. The lowest BCUT2D eigenvalue weighted by atomic mass is 10.1. The molecular weight excluding hydrogens is 396 g/mol. The number of nitrogens with zero attached hydrogens (tertiary/aromatic N) is 1. The van der Waals surface area contributed by atoms with Gasteiger partial charge < -0.3 is 4.90 Å². The molecule has 7 heteroatoms. The van der Waals surface area contributed by atoms with Gasteiger partial charge in [-0.2, -0.15) is 0 Å². The standard InChI is InChI=1S/C21H19ClN2O3S/c1-24(15-16-7-5-9-18(22)13-16)21(25)17-8-6-10-19(14-17)23-28(26,27)20-11-3-2-4-12-20/h2-14,23H,15H2,1H3. The van der Waals surface area contributed by atoms with Gasteiger partial charge in [-0.3, -0.25) is 9.52 Å². The maximum Gasteiger partial charge on any atom is 0.261 e. The number of halogens is 1. The maximum atomic E-state index is 12.7. The van der Waals surface area contributed by atoms with E-state index in [1.807, 2.05) is 12.1 Å². The Morgan fingerprint density at radius 2 is 1.68 bits per heavy atom. The molecule has 0 radical (unpaired) electrons. The van der Waals surface area contributed by atoms with Gasteiger partial charge in [0, 0.05) is 29.9 Å². The SMILES string of the molecule is CN(Cc1cccc(Cl)c1)C(=O)c1cccc(NS(=O)(=O)c2ccccc2)c1. The normalized spacial score (nSPS) is 11.1. The van der Waals surface area contributed by atoms with Gasteiger partial charge in [0.25, 0.3) is 15.9 Å². The first-order valence-electron chi connectivity index (χ1n) is 8.53. The zero-order valence-electron chi connectivity index (χ0n) is 15.2. The van der Waals surface area contributed by atoms with Crippen LogP contribution in [-0.4, -0.2) is 26.3 Å². The lowest BCUT2D eigenvalue weighted by Crippen LogP contribution is -2.26. The van der Waals surface area contributed by atoms with Gasteiger partial charge in [-0.05, 0) is 48.0 Å². The van der Waals surface area contributed by atoms with Crippen molar-refractivity contribution in [2.45, 2.75) is 11.4 Å². The summed E-state index contributed by atoms with van der Waals surface area (Å²) < 4.78 is 27.5. The van der Waals surface area contributed by atoms with Crippen LogP contribution in [0.3, 0.4) is 0 Å². The molecule has 0 saturated carbocycles. The van der Waals surface area contributed by atoms with E-state index in [9.17, 15) is 13.2 Å². The van der Waals surface area contributed by atoms with E-state index in [-0.39, 0.29) is 10.8 Å². The maximum absolute atomic E-state index is 12.7. The molecule has 3 aromatic rings. The number of sulfonamides is 1. The molecule has 1 amide bonds. The van der Waals surface area contributed by atoms with Crippen molar-refractivity contribution in [3.8, 4) is 0 Å². The second-order valence-corrected chi connectivity index (χ2v) is 8.41. The third-order valence-corrected chi connectivity index (χ3v) is 5.70. The predicted molar refractivity (Wildman–Crippen MR) is 111 cm³/mol. The Kier molecular flexibility index (Phi) is 6.02. The number of carbonyl (C=O) groups excluding carboxylic acids is 1. The van der Waals surface area contributed by atoms with Gasteiger partial charge in [-0.25, -0.2) is 8.42 Å². The summed E-state index contributed by atoms with van der Waals surface area (Å²) in [5.74, 6) is -0.222. The molecule has 3 rings (SSSR count). The van der Waals surface area contributed by atoms with Crippen LogP contribution in [0.2, 0.25) is 5.02 Å². The third kappa shape index (κ3) is 4.91. The molecule has 5 nitrogen and oxygen atoms in total. The van der Waals surface area contributed by atoms with Crippen LogP contribution in [0.1, 0.15) is 15.9 Å². The number of carbonyl (C=O) groups is 1. The topological polar surface area (TPSA) is 66.5 Å². The lowest BCUT2D eigenvalue weighted by molar-refractivity contribution is 0.0785. The molecule has 0 aromatic heterocycles. The molecule has 0 bridgehead atoms. The van der Waals surface area contributed by atoms with E-state index >= 15 is 0 Å². The fraction of sp³-hybridized carbons (Fsp3) is 0.0952. The molecule has 1 N–H and O–H groups in total. The minimum Gasteiger partial charge on any atom is -0.337 e. The summed E-state index contributed by atoms with van der Waals surface area (Å²) in [6, 6.07) is 21.8. The number of benzene rings is 3. The molecule has 28 heavy (non-hydrogen) atoms. The highest BCUT2D eigenvalue weighted by Gasteiger charge is 2.16. The fourth-order valence-corrected chi connectivity index (χ4v) is 4.01. The first-order valence-corrected chi connectivity index (χ1v) is 10.4. The van der Waals surface area contributed by atoms with Crippen LogP contribution in [0.15, 0.2) is 83.8 Å². The second-order valence-electron chi connectivity index (χ2n) is 6.29. The zero-order chi connectivity index (χ0) is 20.1. The second kappa shape index (κ2) is 8.46. The van der Waals surface area contributed by atoms with Gasteiger partial charge in [-0.15, -0.1) is 0 Å². The molecule has 0 aliphatic carbocycles. The van der Waals surface area contributed by atoms with Gasteiger partial charge in [-0.1, -0.05) is 48.0 Å². The van der Waals surface area contributed by atoms with E-state index in [0.29, 0.717) is 22.8 Å². The third-order valence-electron chi connectivity index (χ3n) is 4.07. The molecule has 0 atom stereocenters. The summed E-state index contributed by atoms with van der Waals surface area (Å²) in [5, 5.41) is 0.607. The zero-order valence-corrected chi connectivity index (χ0v) is 16.7. The predicted octanol–water partition coefficient (Wildman–Crippen LogP) is 4.41. The number of hydrogen-bond donors (Lipinski definition) is 1. The van der Waals surface area contributed by atoms with Crippen LogP contribution in [0.25, 0.3) is 0 Å².